The molecule has 0 amide bonds. The van der Waals surface area contributed by atoms with Crippen LogP contribution in [0.15, 0.2) is 35.1 Å². The molecule has 2 N–H and O–H groups in total. The van der Waals surface area contributed by atoms with Crippen LogP contribution in [0.5, 0.6) is 5.75 Å². The number of carbonyl (C=O) groups excluding carboxylic acids is 1. The van der Waals surface area contributed by atoms with Crippen molar-refractivity contribution in [2.75, 3.05) is 5.73 Å². The van der Waals surface area contributed by atoms with Crippen molar-refractivity contribution in [3.05, 3.63) is 50.9 Å². The highest BCUT2D eigenvalue weighted by atomic mass is 35.5. The number of hydrogen-bond donors (Lipinski definition) is 1. The summed E-state index contributed by atoms with van der Waals surface area (Å²) in [6.45, 7) is 1.67. The van der Waals surface area contributed by atoms with Gasteiger partial charge < -0.3 is 10.5 Å². The summed E-state index contributed by atoms with van der Waals surface area (Å²) in [5.74, 6) is -0.316. The third kappa shape index (κ3) is 2.88. The zero-order valence-corrected chi connectivity index (χ0v) is 15.1. The number of nitrogen functional groups attached to an aromatic ring is 1. The summed E-state index contributed by atoms with van der Waals surface area (Å²) < 4.78 is 8.19. The van der Waals surface area contributed by atoms with Crippen molar-refractivity contribution in [1.29, 1.82) is 0 Å². The molecule has 8 heteroatoms. The first-order valence-electron chi connectivity index (χ1n) is 7.51. The lowest BCUT2D eigenvalue weighted by Crippen LogP contribution is -2.22. The van der Waals surface area contributed by atoms with Crippen LogP contribution in [-0.2, 0) is 11.8 Å². The van der Waals surface area contributed by atoms with Gasteiger partial charge in [0, 0.05) is 13.5 Å². The Hall–Kier alpha value is -2.44. The molecule has 0 saturated heterocycles. The minimum Gasteiger partial charge on any atom is -0.422 e. The van der Waals surface area contributed by atoms with Gasteiger partial charge in [-0.05, 0) is 24.3 Å². The van der Waals surface area contributed by atoms with Crippen molar-refractivity contribution in [3.63, 3.8) is 0 Å². The second-order valence-electron chi connectivity index (χ2n) is 5.46. The maximum Gasteiger partial charge on any atom is 0.333 e. The molecule has 0 atom stereocenters. The molecule has 0 radical (unpaired) electrons. The van der Waals surface area contributed by atoms with Crippen molar-refractivity contribution >= 4 is 45.9 Å². The van der Waals surface area contributed by atoms with Crippen molar-refractivity contribution < 1.29 is 9.53 Å². The summed E-state index contributed by atoms with van der Waals surface area (Å²) in [4.78, 5) is 24.5. The number of esters is 1. The number of anilines is 1. The number of halogens is 2. The molecule has 6 nitrogen and oxygen atoms in total. The predicted octanol–water partition coefficient (Wildman–Crippen LogP) is 3.53. The molecule has 1 aromatic heterocycles. The molecule has 0 saturated carbocycles. The van der Waals surface area contributed by atoms with Gasteiger partial charge in [-0.3, -0.25) is 13.9 Å². The molecule has 0 spiro atoms. The van der Waals surface area contributed by atoms with Crippen LogP contribution in [0, 0.1) is 0 Å². The Labute approximate surface area is 153 Å². The van der Waals surface area contributed by atoms with Crippen LogP contribution in [-0.4, -0.2) is 15.1 Å². The van der Waals surface area contributed by atoms with Crippen LogP contribution < -0.4 is 16.2 Å². The number of ether oxygens (including phenoxy) is 1. The summed E-state index contributed by atoms with van der Waals surface area (Å²) in [6.07, 6.45) is 0.180. The van der Waals surface area contributed by atoms with Gasteiger partial charge in [-0.1, -0.05) is 36.2 Å². The van der Waals surface area contributed by atoms with E-state index in [1.807, 2.05) is 0 Å². The molecule has 130 valence electrons. The van der Waals surface area contributed by atoms with E-state index in [4.69, 9.17) is 33.7 Å². The minimum atomic E-state index is -0.450. The molecular weight excluding hydrogens is 365 g/mol. The highest BCUT2D eigenvalue weighted by Gasteiger charge is 2.20. The Bertz CT molecular complexity index is 1050. The number of fused-ring (bicyclic) bond motifs is 1. The third-order valence-corrected chi connectivity index (χ3v) is 4.59. The fourth-order valence-corrected chi connectivity index (χ4v) is 2.89. The first kappa shape index (κ1) is 17.4. The van der Waals surface area contributed by atoms with Gasteiger partial charge in [0.2, 0.25) is 0 Å². The maximum absolute atomic E-state index is 12.8. The van der Waals surface area contributed by atoms with Gasteiger partial charge in [-0.2, -0.15) is 0 Å². The van der Waals surface area contributed by atoms with E-state index in [1.54, 1.807) is 44.3 Å². The van der Waals surface area contributed by atoms with Gasteiger partial charge in [0.1, 0.15) is 0 Å². The highest BCUT2D eigenvalue weighted by molar-refractivity contribution is 6.42. The summed E-state index contributed by atoms with van der Waals surface area (Å²) >= 11 is 12.2. The predicted molar refractivity (Wildman–Crippen MR) is 98.9 cm³/mol. The standard InChI is InChI=1S/C17H15Cl2N3O3/c1-3-15(23)25-16-11(20)5-4-6-12(16)22-14-8-10(19)9(18)7-13(14)21(2)17(22)24/h4-8H,3,20H2,1-2H3. The fraction of sp³-hybridized carbons (Fsp3) is 0.176. The molecule has 0 aliphatic rings. The topological polar surface area (TPSA) is 79.2 Å². The normalized spacial score (nSPS) is 11.0. The Morgan fingerprint density at radius 2 is 1.84 bits per heavy atom. The van der Waals surface area contributed by atoms with Crippen molar-refractivity contribution in [2.24, 2.45) is 7.05 Å². The molecule has 0 fully saturated rings. The Balaban J connectivity index is 2.36. The number of imidazole rings is 1. The molecule has 0 bridgehead atoms. The van der Waals surface area contributed by atoms with E-state index in [0.29, 0.717) is 26.8 Å². The Morgan fingerprint density at radius 3 is 2.48 bits per heavy atom. The van der Waals surface area contributed by atoms with E-state index < -0.39 is 5.97 Å². The lowest BCUT2D eigenvalue weighted by atomic mass is 10.2. The molecule has 1 heterocycles. The average molecular weight is 380 g/mol. The van der Waals surface area contributed by atoms with Crippen molar-refractivity contribution in [3.8, 4) is 11.4 Å². The number of para-hydroxylation sites is 1. The summed E-state index contributed by atoms with van der Waals surface area (Å²) in [5.41, 5.74) is 7.36. The quantitative estimate of drug-likeness (QED) is 0.428. The van der Waals surface area contributed by atoms with Gasteiger partial charge in [0.15, 0.2) is 5.75 Å². The van der Waals surface area contributed by atoms with E-state index in [1.165, 1.54) is 9.13 Å². The Kier molecular flexibility index (Phi) is 4.49. The first-order chi connectivity index (χ1) is 11.8. The first-order valence-corrected chi connectivity index (χ1v) is 8.26. The lowest BCUT2D eigenvalue weighted by Gasteiger charge is -2.13. The second-order valence-corrected chi connectivity index (χ2v) is 6.27. The second kappa shape index (κ2) is 6.46. The molecule has 0 aliphatic carbocycles. The maximum atomic E-state index is 12.8. The number of rotatable bonds is 3. The number of hydrogen-bond acceptors (Lipinski definition) is 4. The van der Waals surface area contributed by atoms with E-state index in [9.17, 15) is 9.59 Å². The van der Waals surface area contributed by atoms with Gasteiger partial charge in [0.25, 0.3) is 0 Å². The van der Waals surface area contributed by atoms with Gasteiger partial charge in [-0.25, -0.2) is 4.79 Å². The van der Waals surface area contributed by atoms with Crippen LogP contribution >= 0.6 is 23.2 Å². The summed E-state index contributed by atoms with van der Waals surface area (Å²) in [6, 6.07) is 8.13. The highest BCUT2D eigenvalue weighted by Crippen LogP contribution is 2.33. The summed E-state index contributed by atoms with van der Waals surface area (Å²) in [7, 11) is 1.62. The van der Waals surface area contributed by atoms with Crippen LogP contribution in [0.4, 0.5) is 5.69 Å². The zero-order chi connectivity index (χ0) is 18.3. The van der Waals surface area contributed by atoms with E-state index in [0.717, 1.165) is 0 Å². The zero-order valence-electron chi connectivity index (χ0n) is 13.5. The molecular formula is C17H15Cl2N3O3. The third-order valence-electron chi connectivity index (χ3n) is 3.87. The number of carbonyl (C=O) groups is 1. The van der Waals surface area contributed by atoms with Crippen LogP contribution in [0.1, 0.15) is 13.3 Å². The largest absolute Gasteiger partial charge is 0.422 e. The number of benzene rings is 2. The monoisotopic (exact) mass is 379 g/mol. The molecule has 0 unspecified atom stereocenters. The number of aryl methyl sites for hydroxylation is 1. The SMILES string of the molecule is CCC(=O)Oc1c(N)cccc1-n1c(=O)n(C)c2cc(Cl)c(Cl)cc21. The molecule has 3 rings (SSSR count). The minimum absolute atomic E-state index is 0.134. The van der Waals surface area contributed by atoms with Gasteiger partial charge in [0.05, 0.1) is 32.5 Å². The number of nitrogens with zero attached hydrogens (tertiary/aromatic N) is 2. The molecule has 25 heavy (non-hydrogen) atoms. The average Bonchev–Trinajstić information content (AvgIpc) is 2.81. The molecule has 2 aromatic carbocycles. The van der Waals surface area contributed by atoms with Gasteiger partial charge >= 0.3 is 11.7 Å². The number of nitrogens with two attached hydrogens (primary N) is 1. The van der Waals surface area contributed by atoms with Crippen LogP contribution in [0.3, 0.4) is 0 Å². The Morgan fingerprint density at radius 1 is 1.20 bits per heavy atom. The summed E-state index contributed by atoms with van der Waals surface area (Å²) in [5, 5.41) is 0.650. The van der Waals surface area contributed by atoms with E-state index in [-0.39, 0.29) is 23.5 Å². The van der Waals surface area contributed by atoms with E-state index >= 15 is 0 Å². The van der Waals surface area contributed by atoms with Gasteiger partial charge in [-0.15, -0.1) is 0 Å². The fourth-order valence-electron chi connectivity index (χ4n) is 2.58. The lowest BCUT2D eigenvalue weighted by molar-refractivity contribution is -0.133. The number of aromatic nitrogens is 2. The van der Waals surface area contributed by atoms with Crippen molar-refractivity contribution in [2.45, 2.75) is 13.3 Å². The van der Waals surface area contributed by atoms with Crippen LogP contribution in [0.25, 0.3) is 16.7 Å². The smallest absolute Gasteiger partial charge is 0.333 e. The molecule has 0 aliphatic heterocycles. The van der Waals surface area contributed by atoms with Crippen LogP contribution in [0.2, 0.25) is 10.0 Å². The van der Waals surface area contributed by atoms with Crippen molar-refractivity contribution in [1.82, 2.24) is 9.13 Å². The van der Waals surface area contributed by atoms with E-state index in [2.05, 4.69) is 0 Å². The molecule has 3 aromatic rings.